The smallest absolute Gasteiger partial charge is 0.246 e. The van der Waals surface area contributed by atoms with Crippen molar-refractivity contribution < 1.29 is 9.18 Å². The zero-order valence-electron chi connectivity index (χ0n) is 13.3. The highest BCUT2D eigenvalue weighted by Crippen LogP contribution is 2.14. The Bertz CT molecular complexity index is 701. The van der Waals surface area contributed by atoms with Crippen LogP contribution < -0.4 is 0 Å². The number of amides is 1. The second kappa shape index (κ2) is 6.56. The Hall–Kier alpha value is -2.43. The molecule has 0 N–H and O–H groups in total. The first-order valence-electron chi connectivity index (χ1n) is 7.06. The zero-order valence-corrected chi connectivity index (χ0v) is 13.3. The van der Waals surface area contributed by atoms with Gasteiger partial charge in [0.2, 0.25) is 5.91 Å². The summed E-state index contributed by atoms with van der Waals surface area (Å²) in [4.78, 5) is 13.7. The summed E-state index contributed by atoms with van der Waals surface area (Å²) in [6, 6.07) is 6.15. The second-order valence-corrected chi connectivity index (χ2v) is 5.36. The monoisotopic (exact) mass is 301 g/mol. The van der Waals surface area contributed by atoms with Crippen LogP contribution >= 0.6 is 0 Å². The number of hydrogen-bond donors (Lipinski definition) is 0. The molecule has 0 fully saturated rings. The van der Waals surface area contributed by atoms with Gasteiger partial charge in [0.1, 0.15) is 5.82 Å². The van der Waals surface area contributed by atoms with Gasteiger partial charge in [-0.25, -0.2) is 4.39 Å². The molecule has 1 heterocycles. The van der Waals surface area contributed by atoms with Crippen LogP contribution in [0, 0.1) is 19.7 Å². The summed E-state index contributed by atoms with van der Waals surface area (Å²) >= 11 is 0. The lowest BCUT2D eigenvalue weighted by Gasteiger charge is -2.15. The molecule has 22 heavy (non-hydrogen) atoms. The van der Waals surface area contributed by atoms with Crippen molar-refractivity contribution in [3.05, 3.63) is 58.7 Å². The number of carbonyl (C=O) groups is 1. The van der Waals surface area contributed by atoms with Crippen LogP contribution in [0.15, 0.2) is 30.3 Å². The third kappa shape index (κ3) is 3.61. The molecule has 116 valence electrons. The van der Waals surface area contributed by atoms with Gasteiger partial charge in [-0.2, -0.15) is 5.10 Å². The molecule has 0 bridgehead atoms. The maximum atomic E-state index is 12.9. The predicted molar refractivity (Wildman–Crippen MR) is 84.6 cm³/mol. The van der Waals surface area contributed by atoms with Gasteiger partial charge in [0.15, 0.2) is 0 Å². The third-order valence-corrected chi connectivity index (χ3v) is 3.67. The number of rotatable bonds is 4. The van der Waals surface area contributed by atoms with Gasteiger partial charge < -0.3 is 4.90 Å². The molecule has 1 aromatic heterocycles. The van der Waals surface area contributed by atoms with E-state index in [1.807, 2.05) is 20.9 Å². The lowest BCUT2D eigenvalue weighted by molar-refractivity contribution is -0.125. The molecule has 0 aliphatic heterocycles. The van der Waals surface area contributed by atoms with Crippen molar-refractivity contribution in [2.24, 2.45) is 7.05 Å². The fraction of sp³-hybridized carbons (Fsp3) is 0.294. The van der Waals surface area contributed by atoms with Gasteiger partial charge in [-0.15, -0.1) is 0 Å². The van der Waals surface area contributed by atoms with E-state index in [2.05, 4.69) is 5.10 Å². The van der Waals surface area contributed by atoms with Gasteiger partial charge in [0.25, 0.3) is 0 Å². The maximum Gasteiger partial charge on any atom is 0.246 e. The summed E-state index contributed by atoms with van der Waals surface area (Å²) in [7, 11) is 3.60. The molecular formula is C17H20FN3O. The molecule has 0 saturated heterocycles. The minimum absolute atomic E-state index is 0.105. The molecule has 2 rings (SSSR count). The summed E-state index contributed by atoms with van der Waals surface area (Å²) in [5, 5.41) is 4.31. The number of aromatic nitrogens is 2. The number of aryl methyl sites for hydroxylation is 2. The van der Waals surface area contributed by atoms with E-state index in [0.717, 1.165) is 22.5 Å². The van der Waals surface area contributed by atoms with Crippen molar-refractivity contribution in [2.45, 2.75) is 20.4 Å². The van der Waals surface area contributed by atoms with Crippen molar-refractivity contribution in [1.29, 1.82) is 0 Å². The number of carbonyl (C=O) groups excluding carboxylic acids is 1. The van der Waals surface area contributed by atoms with Crippen molar-refractivity contribution >= 4 is 12.0 Å². The van der Waals surface area contributed by atoms with Crippen LogP contribution in [0.2, 0.25) is 0 Å². The topological polar surface area (TPSA) is 38.1 Å². The lowest BCUT2D eigenvalue weighted by Crippen LogP contribution is -2.24. The van der Waals surface area contributed by atoms with E-state index in [9.17, 15) is 9.18 Å². The average molecular weight is 301 g/mol. The van der Waals surface area contributed by atoms with Crippen LogP contribution in [0.5, 0.6) is 0 Å². The first kappa shape index (κ1) is 15.9. The van der Waals surface area contributed by atoms with E-state index >= 15 is 0 Å². The van der Waals surface area contributed by atoms with Crippen molar-refractivity contribution in [3.8, 4) is 0 Å². The van der Waals surface area contributed by atoms with Crippen molar-refractivity contribution in [3.63, 3.8) is 0 Å². The standard InChI is InChI=1S/C17H20FN3O/c1-12-16(13(2)21(4)19-12)9-10-17(22)20(3)11-14-5-7-15(18)8-6-14/h5-10H,11H2,1-4H3. The molecule has 2 aromatic rings. The van der Waals surface area contributed by atoms with Crippen LogP contribution in [0.25, 0.3) is 6.08 Å². The van der Waals surface area contributed by atoms with Crippen LogP contribution in [0.1, 0.15) is 22.5 Å². The summed E-state index contributed by atoms with van der Waals surface area (Å²) < 4.78 is 14.7. The van der Waals surface area contributed by atoms with Crippen molar-refractivity contribution in [2.75, 3.05) is 7.05 Å². The number of nitrogens with zero attached hydrogens (tertiary/aromatic N) is 3. The second-order valence-electron chi connectivity index (χ2n) is 5.36. The Balaban J connectivity index is 2.04. The Labute approximate surface area is 129 Å². The largest absolute Gasteiger partial charge is 0.338 e. The van der Waals surface area contributed by atoms with Crippen LogP contribution in [-0.4, -0.2) is 27.6 Å². The van der Waals surface area contributed by atoms with E-state index in [1.54, 1.807) is 40.9 Å². The Morgan fingerprint density at radius 3 is 2.50 bits per heavy atom. The molecule has 5 heteroatoms. The van der Waals surface area contributed by atoms with E-state index in [-0.39, 0.29) is 11.7 Å². The van der Waals surface area contributed by atoms with Gasteiger partial charge in [0.05, 0.1) is 5.69 Å². The molecule has 4 nitrogen and oxygen atoms in total. The summed E-state index contributed by atoms with van der Waals surface area (Å²) in [5.41, 5.74) is 3.76. The summed E-state index contributed by atoms with van der Waals surface area (Å²) in [6.45, 7) is 4.32. The third-order valence-electron chi connectivity index (χ3n) is 3.67. The van der Waals surface area contributed by atoms with Crippen LogP contribution in [0.4, 0.5) is 4.39 Å². The fourth-order valence-electron chi connectivity index (χ4n) is 2.25. The van der Waals surface area contributed by atoms with E-state index < -0.39 is 0 Å². The SMILES string of the molecule is Cc1nn(C)c(C)c1C=CC(=O)N(C)Cc1ccc(F)cc1. The molecule has 0 unspecified atom stereocenters. The molecule has 0 radical (unpaired) electrons. The number of halogens is 1. The predicted octanol–water partition coefficient (Wildman–Crippen LogP) is 2.85. The first-order valence-corrected chi connectivity index (χ1v) is 7.06. The molecule has 0 atom stereocenters. The maximum absolute atomic E-state index is 12.9. The normalized spacial score (nSPS) is 11.1. The van der Waals surface area contributed by atoms with E-state index in [1.165, 1.54) is 12.1 Å². The average Bonchev–Trinajstić information content (AvgIpc) is 2.72. The summed E-state index contributed by atoms with van der Waals surface area (Å²) in [6.07, 6.45) is 3.34. The van der Waals surface area contributed by atoms with Gasteiger partial charge >= 0.3 is 0 Å². The van der Waals surface area contributed by atoms with Gasteiger partial charge in [-0.05, 0) is 37.6 Å². The Kier molecular flexibility index (Phi) is 4.75. The minimum atomic E-state index is -0.278. The quantitative estimate of drug-likeness (QED) is 0.815. The molecule has 0 aliphatic rings. The Morgan fingerprint density at radius 1 is 1.32 bits per heavy atom. The number of hydrogen-bond acceptors (Lipinski definition) is 2. The molecule has 0 spiro atoms. The first-order chi connectivity index (χ1) is 10.4. The molecule has 1 amide bonds. The van der Waals surface area contributed by atoms with Gasteiger partial charge in [0, 0.05) is 38.0 Å². The highest BCUT2D eigenvalue weighted by atomic mass is 19.1. The highest BCUT2D eigenvalue weighted by molar-refractivity contribution is 5.91. The lowest BCUT2D eigenvalue weighted by atomic mass is 10.1. The highest BCUT2D eigenvalue weighted by Gasteiger charge is 2.09. The molecular weight excluding hydrogens is 281 g/mol. The van der Waals surface area contributed by atoms with E-state index in [4.69, 9.17) is 0 Å². The van der Waals surface area contributed by atoms with Gasteiger partial charge in [-0.1, -0.05) is 12.1 Å². The fourth-order valence-corrected chi connectivity index (χ4v) is 2.25. The van der Waals surface area contributed by atoms with Crippen LogP contribution in [0.3, 0.4) is 0 Å². The van der Waals surface area contributed by atoms with E-state index in [0.29, 0.717) is 6.54 Å². The molecule has 0 saturated carbocycles. The Morgan fingerprint density at radius 2 is 1.95 bits per heavy atom. The number of likely N-dealkylation sites (N-methyl/N-ethyl adjacent to an activating group) is 1. The minimum Gasteiger partial charge on any atom is -0.338 e. The van der Waals surface area contributed by atoms with Crippen LogP contribution in [-0.2, 0) is 18.4 Å². The number of benzene rings is 1. The summed E-state index contributed by atoms with van der Waals surface area (Å²) in [5.74, 6) is -0.382. The molecule has 1 aromatic carbocycles. The molecule has 0 aliphatic carbocycles. The van der Waals surface area contributed by atoms with Crippen molar-refractivity contribution in [1.82, 2.24) is 14.7 Å². The van der Waals surface area contributed by atoms with Gasteiger partial charge in [-0.3, -0.25) is 9.48 Å². The zero-order chi connectivity index (χ0) is 16.3.